The molecule has 0 radical (unpaired) electrons. The summed E-state index contributed by atoms with van der Waals surface area (Å²) in [6.45, 7) is 3.94. The Labute approximate surface area is 170 Å². The quantitative estimate of drug-likeness (QED) is 0.795. The summed E-state index contributed by atoms with van der Waals surface area (Å²) in [6.07, 6.45) is 2.58. The van der Waals surface area contributed by atoms with Crippen LogP contribution in [0.25, 0.3) is 0 Å². The molecule has 2 aromatic rings. The lowest BCUT2D eigenvalue weighted by atomic mass is 10.1. The van der Waals surface area contributed by atoms with E-state index in [4.69, 9.17) is 4.74 Å². The van der Waals surface area contributed by atoms with E-state index < -0.39 is 21.7 Å². The predicted octanol–water partition coefficient (Wildman–Crippen LogP) is 3.96. The third kappa shape index (κ3) is 4.43. The Kier molecular flexibility index (Phi) is 6.24. The first-order chi connectivity index (χ1) is 13.7. The number of nitrogens with one attached hydrogen (secondary N) is 1. The number of amides is 1. The van der Waals surface area contributed by atoms with Crippen LogP contribution in [0.15, 0.2) is 41.3 Å². The van der Waals surface area contributed by atoms with Gasteiger partial charge in [-0.15, -0.1) is 0 Å². The van der Waals surface area contributed by atoms with E-state index in [9.17, 15) is 17.6 Å². The summed E-state index contributed by atoms with van der Waals surface area (Å²) in [7, 11) is -2.44. The summed E-state index contributed by atoms with van der Waals surface area (Å²) in [5, 5.41) is 2.60. The molecule has 1 aliphatic rings. The molecule has 1 saturated heterocycles. The molecule has 3 rings (SSSR count). The highest BCUT2D eigenvalue weighted by Crippen LogP contribution is 2.32. The van der Waals surface area contributed by atoms with Gasteiger partial charge in [0.2, 0.25) is 10.0 Å². The molecule has 156 valence electrons. The number of hydrogen-bond acceptors (Lipinski definition) is 4. The number of methoxy groups -OCH3 is 1. The van der Waals surface area contributed by atoms with Gasteiger partial charge in [0.05, 0.1) is 7.11 Å². The Morgan fingerprint density at radius 2 is 1.97 bits per heavy atom. The van der Waals surface area contributed by atoms with E-state index in [-0.39, 0.29) is 22.3 Å². The van der Waals surface area contributed by atoms with Crippen LogP contribution in [-0.2, 0) is 10.0 Å². The largest absolute Gasteiger partial charge is 0.495 e. The number of aryl methyl sites for hydroxylation is 1. The summed E-state index contributed by atoms with van der Waals surface area (Å²) in [5.41, 5.74) is 0.912. The van der Waals surface area contributed by atoms with Gasteiger partial charge in [0.15, 0.2) is 0 Å². The Hall–Kier alpha value is -2.45. The van der Waals surface area contributed by atoms with Crippen LogP contribution in [0, 0.1) is 12.7 Å². The maximum atomic E-state index is 13.7. The van der Waals surface area contributed by atoms with Crippen molar-refractivity contribution in [3.8, 4) is 5.75 Å². The van der Waals surface area contributed by atoms with Crippen LogP contribution < -0.4 is 10.1 Å². The van der Waals surface area contributed by atoms with Gasteiger partial charge in [0.1, 0.15) is 16.5 Å². The second-order valence-corrected chi connectivity index (χ2v) is 9.10. The van der Waals surface area contributed by atoms with Crippen LogP contribution in [0.1, 0.15) is 42.1 Å². The molecule has 8 heteroatoms. The topological polar surface area (TPSA) is 75.7 Å². The number of anilines is 1. The number of carbonyl (C=O) groups excluding carboxylic acids is 1. The Bertz CT molecular complexity index is 1020. The third-order valence-corrected chi connectivity index (χ3v) is 7.22. The first kappa shape index (κ1) is 21.3. The summed E-state index contributed by atoms with van der Waals surface area (Å²) < 4.78 is 47.0. The van der Waals surface area contributed by atoms with Gasteiger partial charge in [-0.05, 0) is 62.6 Å². The monoisotopic (exact) mass is 420 g/mol. The van der Waals surface area contributed by atoms with Crippen molar-refractivity contribution in [2.24, 2.45) is 0 Å². The molecule has 29 heavy (non-hydrogen) atoms. The highest BCUT2D eigenvalue weighted by atomic mass is 32.2. The van der Waals surface area contributed by atoms with Gasteiger partial charge >= 0.3 is 0 Å². The molecule has 0 aliphatic carbocycles. The molecule has 1 heterocycles. The molecule has 2 aromatic carbocycles. The highest BCUT2D eigenvalue weighted by molar-refractivity contribution is 7.89. The molecule has 0 spiro atoms. The van der Waals surface area contributed by atoms with Crippen molar-refractivity contribution >= 4 is 21.6 Å². The summed E-state index contributed by atoms with van der Waals surface area (Å²) in [5.74, 6) is -0.778. The first-order valence-corrected chi connectivity index (χ1v) is 11.0. The molecular weight excluding hydrogens is 395 g/mol. The second-order valence-electron chi connectivity index (χ2n) is 7.24. The molecule has 1 N–H and O–H groups in total. The highest BCUT2D eigenvalue weighted by Gasteiger charge is 2.33. The zero-order chi connectivity index (χ0) is 21.2. The van der Waals surface area contributed by atoms with Gasteiger partial charge in [-0.25, -0.2) is 12.8 Å². The average Bonchev–Trinajstić information content (AvgIpc) is 2.70. The van der Waals surface area contributed by atoms with E-state index in [0.717, 1.165) is 19.3 Å². The van der Waals surface area contributed by atoms with Crippen LogP contribution in [0.5, 0.6) is 5.75 Å². The summed E-state index contributed by atoms with van der Waals surface area (Å²) in [6, 6.07) is 8.52. The third-order valence-electron chi connectivity index (χ3n) is 5.18. The molecule has 0 saturated carbocycles. The smallest absolute Gasteiger partial charge is 0.255 e. The Morgan fingerprint density at radius 3 is 2.62 bits per heavy atom. The normalized spacial score (nSPS) is 17.7. The molecule has 1 atom stereocenters. The van der Waals surface area contributed by atoms with Crippen molar-refractivity contribution in [3.63, 3.8) is 0 Å². The predicted molar refractivity (Wildman–Crippen MR) is 109 cm³/mol. The minimum atomic E-state index is -3.83. The SMILES string of the molecule is COc1ccc(C(=O)Nc2ccc(C)c(F)c2)cc1S(=O)(=O)N1CCCCC1C. The molecule has 0 bridgehead atoms. The lowest BCUT2D eigenvalue weighted by Gasteiger charge is -2.32. The number of carbonyl (C=O) groups is 1. The van der Waals surface area contributed by atoms with Crippen molar-refractivity contribution in [2.45, 2.75) is 44.0 Å². The van der Waals surface area contributed by atoms with Gasteiger partial charge in [-0.1, -0.05) is 12.5 Å². The number of sulfonamides is 1. The minimum absolute atomic E-state index is 0.0449. The molecular formula is C21H25FN2O4S. The van der Waals surface area contributed by atoms with E-state index in [0.29, 0.717) is 17.8 Å². The van der Waals surface area contributed by atoms with Gasteiger partial charge in [-0.2, -0.15) is 4.31 Å². The Balaban J connectivity index is 1.94. The number of benzene rings is 2. The summed E-state index contributed by atoms with van der Waals surface area (Å²) >= 11 is 0. The molecule has 1 unspecified atom stereocenters. The van der Waals surface area contributed by atoms with Gasteiger partial charge in [0.25, 0.3) is 5.91 Å². The van der Waals surface area contributed by atoms with E-state index in [1.54, 1.807) is 19.1 Å². The van der Waals surface area contributed by atoms with Gasteiger partial charge in [-0.3, -0.25) is 4.79 Å². The second kappa shape index (κ2) is 8.51. The van der Waals surface area contributed by atoms with Crippen molar-refractivity contribution in [1.82, 2.24) is 4.31 Å². The maximum absolute atomic E-state index is 13.7. The number of piperidine rings is 1. The molecule has 0 aromatic heterocycles. The number of rotatable bonds is 5. The fraction of sp³-hybridized carbons (Fsp3) is 0.381. The molecule has 6 nitrogen and oxygen atoms in total. The number of hydrogen-bond donors (Lipinski definition) is 1. The number of nitrogens with zero attached hydrogens (tertiary/aromatic N) is 1. The van der Waals surface area contributed by atoms with Gasteiger partial charge in [0, 0.05) is 23.8 Å². The molecule has 1 amide bonds. The Morgan fingerprint density at radius 1 is 1.21 bits per heavy atom. The van der Waals surface area contributed by atoms with Crippen molar-refractivity contribution in [3.05, 3.63) is 53.3 Å². The van der Waals surface area contributed by atoms with Crippen LogP contribution in [0.4, 0.5) is 10.1 Å². The van der Waals surface area contributed by atoms with E-state index >= 15 is 0 Å². The standard InChI is InChI=1S/C21H25FN2O4S/c1-14-7-9-17(13-18(14)22)23-21(25)16-8-10-19(28-3)20(12-16)29(26,27)24-11-5-4-6-15(24)2/h7-10,12-13,15H,4-6,11H2,1-3H3,(H,23,25). The van der Waals surface area contributed by atoms with Crippen LogP contribution >= 0.6 is 0 Å². The van der Waals surface area contributed by atoms with Crippen molar-refractivity contribution in [2.75, 3.05) is 19.0 Å². The van der Waals surface area contributed by atoms with Crippen molar-refractivity contribution < 1.29 is 22.3 Å². The zero-order valence-corrected chi connectivity index (χ0v) is 17.6. The lowest BCUT2D eigenvalue weighted by Crippen LogP contribution is -2.42. The van der Waals surface area contributed by atoms with Gasteiger partial charge < -0.3 is 10.1 Å². The number of ether oxygens (including phenoxy) is 1. The zero-order valence-electron chi connectivity index (χ0n) is 16.7. The maximum Gasteiger partial charge on any atom is 0.255 e. The van der Waals surface area contributed by atoms with E-state index in [1.807, 2.05) is 6.92 Å². The molecule has 1 aliphatic heterocycles. The fourth-order valence-electron chi connectivity index (χ4n) is 3.45. The van der Waals surface area contributed by atoms with Crippen LogP contribution in [-0.4, -0.2) is 38.3 Å². The fourth-order valence-corrected chi connectivity index (χ4v) is 5.33. The van der Waals surface area contributed by atoms with Crippen LogP contribution in [0.2, 0.25) is 0 Å². The summed E-state index contributed by atoms with van der Waals surface area (Å²) in [4.78, 5) is 12.6. The van der Waals surface area contributed by atoms with Crippen LogP contribution in [0.3, 0.4) is 0 Å². The lowest BCUT2D eigenvalue weighted by molar-refractivity contribution is 0.102. The van der Waals surface area contributed by atoms with Crippen molar-refractivity contribution in [1.29, 1.82) is 0 Å². The molecule has 1 fully saturated rings. The average molecular weight is 421 g/mol. The van der Waals surface area contributed by atoms with E-state index in [1.165, 1.54) is 35.7 Å². The number of halogens is 1. The first-order valence-electron chi connectivity index (χ1n) is 9.51. The van der Waals surface area contributed by atoms with E-state index in [2.05, 4.69) is 5.32 Å². The minimum Gasteiger partial charge on any atom is -0.495 e.